The lowest BCUT2D eigenvalue weighted by Gasteiger charge is -2.36. The van der Waals surface area contributed by atoms with Gasteiger partial charge in [-0.3, -0.25) is 0 Å². The molecule has 0 radical (unpaired) electrons. The van der Waals surface area contributed by atoms with Gasteiger partial charge in [-0.15, -0.1) is 0 Å². The molecule has 0 spiro atoms. The zero-order chi connectivity index (χ0) is 11.7. The Labute approximate surface area is 105 Å². The normalized spacial score (nSPS) is 25.9. The summed E-state index contributed by atoms with van der Waals surface area (Å²) < 4.78 is 1.04. The number of rotatable bonds is 1. The molecular weight excluding hydrogens is 266 g/mol. The maximum Gasteiger partial charge on any atom is 0.131 e. The van der Waals surface area contributed by atoms with Crippen LogP contribution in [0.3, 0.4) is 0 Å². The molecule has 3 nitrogen and oxygen atoms in total. The quantitative estimate of drug-likeness (QED) is 0.860. The summed E-state index contributed by atoms with van der Waals surface area (Å²) in [6, 6.07) is 2.45. The highest BCUT2D eigenvalue weighted by molar-refractivity contribution is 9.10. The number of hydrogen-bond acceptors (Lipinski definition) is 3. The van der Waals surface area contributed by atoms with E-state index < -0.39 is 0 Å². The van der Waals surface area contributed by atoms with Crippen LogP contribution in [0.5, 0.6) is 0 Å². The molecule has 1 aliphatic heterocycles. The summed E-state index contributed by atoms with van der Waals surface area (Å²) in [7, 11) is 0. The second-order valence-electron chi connectivity index (χ2n) is 4.67. The molecule has 1 fully saturated rings. The molecule has 2 atom stereocenters. The molecular formula is C12H18BrN3. The van der Waals surface area contributed by atoms with Crippen molar-refractivity contribution in [2.75, 3.05) is 18.0 Å². The van der Waals surface area contributed by atoms with Crippen molar-refractivity contribution in [3.05, 3.63) is 22.3 Å². The van der Waals surface area contributed by atoms with Gasteiger partial charge in [0.25, 0.3) is 0 Å². The number of anilines is 1. The highest BCUT2D eigenvalue weighted by atomic mass is 79.9. The lowest BCUT2D eigenvalue weighted by Crippen LogP contribution is -2.46. The Hall–Kier alpha value is -0.610. The summed E-state index contributed by atoms with van der Waals surface area (Å²) in [6.07, 6.45) is 2.92. The molecule has 0 aliphatic carbocycles. The van der Waals surface area contributed by atoms with E-state index in [9.17, 15) is 0 Å². The second-order valence-corrected chi connectivity index (χ2v) is 5.59. The van der Waals surface area contributed by atoms with Crippen LogP contribution >= 0.6 is 15.9 Å². The number of nitrogens with two attached hydrogens (primary N) is 1. The predicted octanol–water partition coefficient (Wildman–Crippen LogP) is 2.33. The Balaban J connectivity index is 2.18. The first kappa shape index (κ1) is 11.9. The number of halogens is 1. The molecule has 88 valence electrons. The van der Waals surface area contributed by atoms with Crippen LogP contribution in [0.15, 0.2) is 16.7 Å². The van der Waals surface area contributed by atoms with Crippen LogP contribution in [0, 0.1) is 12.8 Å². The van der Waals surface area contributed by atoms with Gasteiger partial charge >= 0.3 is 0 Å². The van der Waals surface area contributed by atoms with E-state index in [0.29, 0.717) is 12.0 Å². The van der Waals surface area contributed by atoms with Crippen LogP contribution in [-0.4, -0.2) is 24.1 Å². The van der Waals surface area contributed by atoms with E-state index in [4.69, 9.17) is 5.73 Å². The smallest absolute Gasteiger partial charge is 0.131 e. The van der Waals surface area contributed by atoms with Crippen molar-refractivity contribution in [2.24, 2.45) is 11.7 Å². The van der Waals surface area contributed by atoms with Gasteiger partial charge in [0.2, 0.25) is 0 Å². The second kappa shape index (κ2) is 4.72. The molecule has 2 heterocycles. The molecule has 0 bridgehead atoms. The molecule has 1 aliphatic rings. The van der Waals surface area contributed by atoms with Gasteiger partial charge in [0, 0.05) is 29.8 Å². The van der Waals surface area contributed by atoms with Crippen LogP contribution in [0.1, 0.15) is 18.9 Å². The Kier molecular flexibility index (Phi) is 3.50. The summed E-state index contributed by atoms with van der Waals surface area (Å²) in [5.74, 6) is 1.64. The van der Waals surface area contributed by atoms with Gasteiger partial charge < -0.3 is 10.6 Å². The summed E-state index contributed by atoms with van der Waals surface area (Å²) in [6.45, 7) is 6.34. The molecule has 0 amide bonds. The number of pyridine rings is 1. The molecule has 1 aromatic rings. The van der Waals surface area contributed by atoms with E-state index >= 15 is 0 Å². The first-order valence-corrected chi connectivity index (χ1v) is 6.50. The van der Waals surface area contributed by atoms with Crippen molar-refractivity contribution >= 4 is 21.7 Å². The fourth-order valence-electron chi connectivity index (χ4n) is 2.22. The van der Waals surface area contributed by atoms with Gasteiger partial charge in [-0.2, -0.15) is 0 Å². The van der Waals surface area contributed by atoms with Crippen molar-refractivity contribution in [3.8, 4) is 0 Å². The first-order chi connectivity index (χ1) is 7.58. The van der Waals surface area contributed by atoms with E-state index in [1.165, 1.54) is 5.56 Å². The molecule has 2 unspecified atom stereocenters. The average molecular weight is 284 g/mol. The number of nitrogens with zero attached hydrogens (tertiary/aromatic N) is 2. The van der Waals surface area contributed by atoms with E-state index in [0.717, 1.165) is 29.8 Å². The molecule has 0 saturated carbocycles. The third kappa shape index (κ3) is 2.38. The van der Waals surface area contributed by atoms with Gasteiger partial charge in [-0.25, -0.2) is 4.98 Å². The molecule has 2 N–H and O–H groups in total. The van der Waals surface area contributed by atoms with Gasteiger partial charge in [-0.05, 0) is 46.8 Å². The van der Waals surface area contributed by atoms with E-state index in [1.54, 1.807) is 0 Å². The Morgan fingerprint density at radius 1 is 1.56 bits per heavy atom. The summed E-state index contributed by atoms with van der Waals surface area (Å²) in [5.41, 5.74) is 7.25. The molecule has 2 rings (SSSR count). The number of aryl methyl sites for hydroxylation is 1. The SMILES string of the molecule is Cc1cc(Br)cnc1N1CCC(N)C(C)C1. The minimum atomic E-state index is 0.340. The fourth-order valence-corrected chi connectivity index (χ4v) is 2.67. The largest absolute Gasteiger partial charge is 0.356 e. The van der Waals surface area contributed by atoms with Crippen LogP contribution in [0.2, 0.25) is 0 Å². The fraction of sp³-hybridized carbons (Fsp3) is 0.583. The summed E-state index contributed by atoms with van der Waals surface area (Å²) in [4.78, 5) is 6.84. The number of aromatic nitrogens is 1. The lowest BCUT2D eigenvalue weighted by molar-refractivity contribution is 0.381. The third-order valence-corrected chi connectivity index (χ3v) is 3.72. The molecule has 4 heteroatoms. The highest BCUT2D eigenvalue weighted by Crippen LogP contribution is 2.25. The first-order valence-electron chi connectivity index (χ1n) is 5.70. The third-order valence-electron chi connectivity index (χ3n) is 3.29. The Morgan fingerprint density at radius 2 is 2.31 bits per heavy atom. The van der Waals surface area contributed by atoms with E-state index in [2.05, 4.69) is 45.7 Å². The minimum Gasteiger partial charge on any atom is -0.356 e. The Bertz CT molecular complexity index is 381. The number of piperidine rings is 1. The minimum absolute atomic E-state index is 0.340. The van der Waals surface area contributed by atoms with E-state index in [-0.39, 0.29) is 0 Å². The van der Waals surface area contributed by atoms with Crippen molar-refractivity contribution in [2.45, 2.75) is 26.3 Å². The van der Waals surface area contributed by atoms with Crippen molar-refractivity contribution in [1.29, 1.82) is 0 Å². The molecule has 1 saturated heterocycles. The molecule has 16 heavy (non-hydrogen) atoms. The van der Waals surface area contributed by atoms with Gasteiger partial charge in [0.15, 0.2) is 0 Å². The standard InChI is InChI=1S/C12H18BrN3/c1-8-5-10(13)6-15-12(8)16-4-3-11(14)9(2)7-16/h5-6,9,11H,3-4,7,14H2,1-2H3. The topological polar surface area (TPSA) is 42.2 Å². The van der Waals surface area contributed by atoms with Crippen LogP contribution < -0.4 is 10.6 Å². The van der Waals surface area contributed by atoms with Crippen LogP contribution in [0.25, 0.3) is 0 Å². The zero-order valence-electron chi connectivity index (χ0n) is 9.78. The highest BCUT2D eigenvalue weighted by Gasteiger charge is 2.24. The zero-order valence-corrected chi connectivity index (χ0v) is 11.4. The van der Waals surface area contributed by atoms with Gasteiger partial charge in [0.1, 0.15) is 5.82 Å². The lowest BCUT2D eigenvalue weighted by atomic mass is 9.94. The van der Waals surface area contributed by atoms with Gasteiger partial charge in [-0.1, -0.05) is 6.92 Å². The predicted molar refractivity (Wildman–Crippen MR) is 70.6 cm³/mol. The van der Waals surface area contributed by atoms with Crippen molar-refractivity contribution in [1.82, 2.24) is 4.98 Å². The van der Waals surface area contributed by atoms with Crippen LogP contribution in [-0.2, 0) is 0 Å². The average Bonchev–Trinajstić information content (AvgIpc) is 2.22. The van der Waals surface area contributed by atoms with Crippen LogP contribution in [0.4, 0.5) is 5.82 Å². The maximum absolute atomic E-state index is 6.03. The van der Waals surface area contributed by atoms with E-state index in [1.807, 2.05) is 6.20 Å². The summed E-state index contributed by atoms with van der Waals surface area (Å²) >= 11 is 3.44. The maximum atomic E-state index is 6.03. The Morgan fingerprint density at radius 3 is 2.94 bits per heavy atom. The number of hydrogen-bond donors (Lipinski definition) is 1. The molecule has 0 aromatic carbocycles. The molecule has 1 aromatic heterocycles. The van der Waals surface area contributed by atoms with Gasteiger partial charge in [0.05, 0.1) is 0 Å². The van der Waals surface area contributed by atoms with Crippen molar-refractivity contribution in [3.63, 3.8) is 0 Å². The van der Waals surface area contributed by atoms with Crippen molar-refractivity contribution < 1.29 is 0 Å². The monoisotopic (exact) mass is 283 g/mol. The summed E-state index contributed by atoms with van der Waals surface area (Å²) in [5, 5.41) is 0.